The summed E-state index contributed by atoms with van der Waals surface area (Å²) in [6.45, 7) is 0.992. The Bertz CT molecular complexity index is 1180. The minimum absolute atomic E-state index is 0.0535. The average molecular weight is 487 g/mol. The standard InChI is InChI=1S/C30H31ClN2O2/c1-33(29(18-20-34)30(35)32-21-24-11-4-7-15-28(24)31)19-8-14-27-25-12-5-2-9-22(25)16-17-23-10-3-6-13-26(23)27/h2-7,9-17,29,34H,8,18-21H2,1H3,(H,32,35). The maximum absolute atomic E-state index is 13.0. The summed E-state index contributed by atoms with van der Waals surface area (Å²) in [5.74, 6) is -0.108. The lowest BCUT2D eigenvalue weighted by Gasteiger charge is -2.26. The van der Waals surface area contributed by atoms with Gasteiger partial charge in [0, 0.05) is 24.7 Å². The van der Waals surface area contributed by atoms with Crippen LogP contribution in [0.5, 0.6) is 0 Å². The van der Waals surface area contributed by atoms with Gasteiger partial charge in [0.2, 0.25) is 5.91 Å². The number of fused-ring (bicyclic) bond motifs is 2. The molecule has 1 aliphatic carbocycles. The van der Waals surface area contributed by atoms with Crippen molar-refractivity contribution in [3.63, 3.8) is 0 Å². The number of amides is 1. The second-order valence-corrected chi connectivity index (χ2v) is 9.14. The molecule has 4 rings (SSSR count). The molecule has 0 aromatic heterocycles. The molecule has 1 amide bonds. The number of carbonyl (C=O) groups is 1. The monoisotopic (exact) mass is 486 g/mol. The molecule has 0 aliphatic heterocycles. The minimum atomic E-state index is -0.420. The molecular weight excluding hydrogens is 456 g/mol. The summed E-state index contributed by atoms with van der Waals surface area (Å²) >= 11 is 6.22. The highest BCUT2D eigenvalue weighted by molar-refractivity contribution is 6.31. The van der Waals surface area contributed by atoms with Crippen molar-refractivity contribution in [2.45, 2.75) is 25.4 Å². The Morgan fingerprint density at radius 3 is 2.20 bits per heavy atom. The molecule has 0 bridgehead atoms. The van der Waals surface area contributed by atoms with Crippen molar-refractivity contribution < 1.29 is 9.90 Å². The zero-order valence-electron chi connectivity index (χ0n) is 20.0. The zero-order chi connectivity index (χ0) is 24.6. The van der Waals surface area contributed by atoms with Crippen molar-refractivity contribution in [2.75, 3.05) is 20.2 Å². The van der Waals surface area contributed by atoms with Crippen LogP contribution in [0.25, 0.3) is 17.7 Å². The number of halogens is 1. The van der Waals surface area contributed by atoms with Crippen LogP contribution in [-0.2, 0) is 11.3 Å². The van der Waals surface area contributed by atoms with Crippen molar-refractivity contribution >= 4 is 35.2 Å². The molecule has 180 valence electrons. The number of nitrogens with zero attached hydrogens (tertiary/aromatic N) is 1. The smallest absolute Gasteiger partial charge is 0.237 e. The fraction of sp³-hybridized carbons (Fsp3) is 0.233. The van der Waals surface area contributed by atoms with Crippen LogP contribution in [0.1, 0.15) is 40.7 Å². The molecule has 0 saturated carbocycles. The van der Waals surface area contributed by atoms with Gasteiger partial charge >= 0.3 is 0 Å². The second kappa shape index (κ2) is 12.0. The third kappa shape index (κ3) is 6.09. The number of aliphatic hydroxyl groups is 1. The first-order valence-electron chi connectivity index (χ1n) is 12.0. The number of aliphatic hydroxyl groups excluding tert-OH is 1. The molecule has 0 heterocycles. The van der Waals surface area contributed by atoms with Gasteiger partial charge in [0.15, 0.2) is 0 Å². The summed E-state index contributed by atoms with van der Waals surface area (Å²) in [4.78, 5) is 15.0. The van der Waals surface area contributed by atoms with Gasteiger partial charge in [-0.3, -0.25) is 9.69 Å². The molecule has 0 radical (unpaired) electrons. The Labute approximate surface area is 212 Å². The maximum Gasteiger partial charge on any atom is 0.237 e. The number of hydrogen-bond donors (Lipinski definition) is 2. The van der Waals surface area contributed by atoms with Gasteiger partial charge in [-0.25, -0.2) is 0 Å². The molecule has 0 saturated heterocycles. The molecule has 3 aromatic rings. The zero-order valence-corrected chi connectivity index (χ0v) is 20.7. The lowest BCUT2D eigenvalue weighted by atomic mass is 9.93. The molecular formula is C30H31ClN2O2. The molecule has 0 fully saturated rings. The Morgan fingerprint density at radius 2 is 1.57 bits per heavy atom. The third-order valence-corrected chi connectivity index (χ3v) is 6.79. The van der Waals surface area contributed by atoms with Gasteiger partial charge in [-0.05, 0) is 59.3 Å². The van der Waals surface area contributed by atoms with Gasteiger partial charge in [0.05, 0.1) is 6.04 Å². The topological polar surface area (TPSA) is 52.6 Å². The van der Waals surface area contributed by atoms with Gasteiger partial charge in [-0.1, -0.05) is 96.6 Å². The van der Waals surface area contributed by atoms with Crippen molar-refractivity contribution in [3.8, 4) is 0 Å². The van der Waals surface area contributed by atoms with Crippen LogP contribution in [0.15, 0.2) is 78.9 Å². The summed E-state index contributed by atoms with van der Waals surface area (Å²) in [7, 11) is 1.93. The van der Waals surface area contributed by atoms with Crippen molar-refractivity contribution in [2.24, 2.45) is 0 Å². The molecule has 1 atom stereocenters. The Balaban J connectivity index is 1.47. The third-order valence-electron chi connectivity index (χ3n) is 6.42. The average Bonchev–Trinajstić information content (AvgIpc) is 3.04. The van der Waals surface area contributed by atoms with Crippen LogP contribution in [0.4, 0.5) is 0 Å². The molecule has 0 spiro atoms. The maximum atomic E-state index is 13.0. The van der Waals surface area contributed by atoms with Gasteiger partial charge in [0.25, 0.3) is 0 Å². The summed E-state index contributed by atoms with van der Waals surface area (Å²) in [6.07, 6.45) is 7.74. The molecule has 4 nitrogen and oxygen atoms in total. The van der Waals surface area contributed by atoms with Gasteiger partial charge < -0.3 is 10.4 Å². The molecule has 2 N–H and O–H groups in total. The van der Waals surface area contributed by atoms with Gasteiger partial charge in [0.1, 0.15) is 0 Å². The molecule has 5 heteroatoms. The highest BCUT2D eigenvalue weighted by atomic mass is 35.5. The second-order valence-electron chi connectivity index (χ2n) is 8.73. The van der Waals surface area contributed by atoms with Crippen LogP contribution in [0, 0.1) is 0 Å². The van der Waals surface area contributed by atoms with Crippen LogP contribution in [0.3, 0.4) is 0 Å². The lowest BCUT2D eigenvalue weighted by Crippen LogP contribution is -2.45. The van der Waals surface area contributed by atoms with E-state index in [2.05, 4.69) is 72.1 Å². The first-order valence-corrected chi connectivity index (χ1v) is 12.4. The van der Waals surface area contributed by atoms with E-state index in [1.54, 1.807) is 0 Å². The molecule has 1 aliphatic rings. The first kappa shape index (κ1) is 24.9. The van der Waals surface area contributed by atoms with Gasteiger partial charge in [-0.2, -0.15) is 0 Å². The Morgan fingerprint density at radius 1 is 0.971 bits per heavy atom. The largest absolute Gasteiger partial charge is 0.396 e. The predicted octanol–water partition coefficient (Wildman–Crippen LogP) is 5.64. The fourth-order valence-electron chi connectivity index (χ4n) is 4.50. The van der Waals surface area contributed by atoms with E-state index in [4.69, 9.17) is 11.6 Å². The Hall–Kier alpha value is -3.18. The van der Waals surface area contributed by atoms with E-state index >= 15 is 0 Å². The number of hydrogen-bond acceptors (Lipinski definition) is 3. The lowest BCUT2D eigenvalue weighted by molar-refractivity contribution is -0.126. The predicted molar refractivity (Wildman–Crippen MR) is 145 cm³/mol. The van der Waals surface area contributed by atoms with Crippen LogP contribution >= 0.6 is 11.6 Å². The summed E-state index contributed by atoms with van der Waals surface area (Å²) in [5, 5.41) is 13.2. The van der Waals surface area contributed by atoms with Crippen molar-refractivity contribution in [3.05, 3.63) is 112 Å². The molecule has 35 heavy (non-hydrogen) atoms. The number of benzene rings is 3. The van der Waals surface area contributed by atoms with E-state index in [1.165, 1.54) is 27.8 Å². The van der Waals surface area contributed by atoms with E-state index in [-0.39, 0.29) is 12.5 Å². The van der Waals surface area contributed by atoms with Crippen LogP contribution < -0.4 is 5.32 Å². The quantitative estimate of drug-likeness (QED) is 0.321. The summed E-state index contributed by atoms with van der Waals surface area (Å²) in [5.41, 5.74) is 6.88. The summed E-state index contributed by atoms with van der Waals surface area (Å²) in [6, 6.07) is 23.9. The fourth-order valence-corrected chi connectivity index (χ4v) is 4.71. The highest BCUT2D eigenvalue weighted by Crippen LogP contribution is 2.33. The normalized spacial score (nSPS) is 13.1. The van der Waals surface area contributed by atoms with Crippen LogP contribution in [-0.4, -0.2) is 42.2 Å². The minimum Gasteiger partial charge on any atom is -0.396 e. The SMILES string of the molecule is CN(CCC=C1c2ccccc2C=Cc2ccccc21)C(CCO)C(=O)NCc1ccccc1Cl. The van der Waals surface area contributed by atoms with Crippen LogP contribution in [0.2, 0.25) is 5.02 Å². The highest BCUT2D eigenvalue weighted by Gasteiger charge is 2.22. The molecule has 1 unspecified atom stereocenters. The number of nitrogens with one attached hydrogen (secondary N) is 1. The van der Waals surface area contributed by atoms with E-state index < -0.39 is 6.04 Å². The van der Waals surface area contributed by atoms with E-state index in [0.717, 1.165) is 12.0 Å². The number of likely N-dealkylation sites (N-methyl/N-ethyl adjacent to an activating group) is 1. The Kier molecular flexibility index (Phi) is 8.54. The van der Waals surface area contributed by atoms with Crippen molar-refractivity contribution in [1.29, 1.82) is 0 Å². The number of carbonyl (C=O) groups excluding carboxylic acids is 1. The van der Waals surface area contributed by atoms with E-state index in [1.807, 2.05) is 36.2 Å². The summed E-state index contributed by atoms with van der Waals surface area (Å²) < 4.78 is 0. The first-order chi connectivity index (χ1) is 17.1. The van der Waals surface area contributed by atoms with Crippen molar-refractivity contribution in [1.82, 2.24) is 10.2 Å². The molecule has 3 aromatic carbocycles. The number of rotatable bonds is 9. The van der Waals surface area contributed by atoms with E-state index in [9.17, 15) is 9.90 Å². The van der Waals surface area contributed by atoms with Gasteiger partial charge in [-0.15, -0.1) is 0 Å². The van der Waals surface area contributed by atoms with E-state index in [0.29, 0.717) is 24.5 Å².